The van der Waals surface area contributed by atoms with Crippen molar-refractivity contribution in [3.05, 3.63) is 169 Å². The molecule has 0 amide bonds. The molecule has 282 valence electrons. The van der Waals surface area contributed by atoms with Gasteiger partial charge < -0.3 is 23.2 Å². The van der Waals surface area contributed by atoms with E-state index in [0.717, 1.165) is 9.47 Å². The maximum Gasteiger partial charge on any atom is 0.297 e. The summed E-state index contributed by atoms with van der Waals surface area (Å²) in [5.74, 6) is 0. The van der Waals surface area contributed by atoms with Gasteiger partial charge in [0, 0.05) is 50.0 Å². The van der Waals surface area contributed by atoms with Gasteiger partial charge in [0.05, 0.1) is 76.5 Å². The summed E-state index contributed by atoms with van der Waals surface area (Å²) in [7, 11) is 0. The molecule has 60 heavy (non-hydrogen) atoms. The molecule has 6 heteroatoms. The van der Waals surface area contributed by atoms with Gasteiger partial charge in [-0.25, -0.2) is 0 Å². The fourth-order valence-electron chi connectivity index (χ4n) is 8.77. The van der Waals surface area contributed by atoms with E-state index < -0.39 is 237 Å². The topological polar surface area (TPSA) is 37.7 Å². The fourth-order valence-corrected chi connectivity index (χ4v) is 8.77. The van der Waals surface area contributed by atoms with Crippen molar-refractivity contribution >= 4 is 112 Å². The van der Waals surface area contributed by atoms with Crippen molar-refractivity contribution in [1.82, 2.24) is 4.57 Å². The molecule has 0 bridgehead atoms. The van der Waals surface area contributed by atoms with Crippen LogP contribution in [0.4, 0.5) is 34.1 Å². The molecule has 0 unspecified atom stereocenters. The third-order valence-electron chi connectivity index (χ3n) is 11.3. The third-order valence-corrected chi connectivity index (χ3v) is 11.3. The van der Waals surface area contributed by atoms with Crippen LogP contribution in [-0.4, -0.2) is 11.3 Å². The molecule has 0 atom stereocenters. The summed E-state index contributed by atoms with van der Waals surface area (Å²) < 4.78 is 267. The predicted octanol–water partition coefficient (Wildman–Crippen LogP) is 12.8. The average Bonchev–Trinajstić information content (AvgIpc) is 1.64. The van der Waals surface area contributed by atoms with Crippen molar-refractivity contribution in [1.29, 1.82) is 0 Å². The molecule has 0 radical (unpaired) electrons. The largest absolute Gasteiger partial charge is 0.468 e. The van der Waals surface area contributed by atoms with Gasteiger partial charge in [0.15, 0.2) is 0 Å². The lowest BCUT2D eigenvalue weighted by atomic mass is 9.35. The number of furan rings is 2. The summed E-state index contributed by atoms with van der Waals surface area (Å²) in [5, 5.41) is -1.96. The second-order valence-corrected chi connectivity index (χ2v) is 15.6. The molecule has 0 aliphatic carbocycles. The van der Waals surface area contributed by atoms with E-state index in [1.54, 1.807) is 20.8 Å². The first kappa shape index (κ1) is 16.3. The lowest BCUT2D eigenvalue weighted by molar-refractivity contribution is 0.590. The lowest BCUT2D eigenvalue weighted by Gasteiger charge is -2.45. The van der Waals surface area contributed by atoms with Crippen LogP contribution < -0.4 is 26.4 Å². The highest BCUT2D eigenvalue weighted by Crippen LogP contribution is 2.54. The van der Waals surface area contributed by atoms with E-state index in [2.05, 4.69) is 0 Å². The van der Waals surface area contributed by atoms with E-state index in [9.17, 15) is 21.9 Å². The van der Waals surface area contributed by atoms with Gasteiger partial charge in [0.2, 0.25) is 0 Å². The number of rotatable bonds is 2. The van der Waals surface area contributed by atoms with Crippen molar-refractivity contribution in [2.75, 3.05) is 9.80 Å². The number of hydrogen-bond donors (Lipinski definition) is 0. The highest BCUT2D eigenvalue weighted by atomic mass is 16.3. The molecule has 8 aromatic carbocycles. The molecule has 0 fully saturated rings. The van der Waals surface area contributed by atoms with Gasteiger partial charge in [-0.15, -0.1) is 0 Å². The number of anilines is 6. The summed E-state index contributed by atoms with van der Waals surface area (Å²) >= 11 is 0. The predicted molar refractivity (Wildman–Crippen MR) is 250 cm³/mol. The first-order chi connectivity index (χ1) is 40.7. The van der Waals surface area contributed by atoms with Crippen molar-refractivity contribution in [3.63, 3.8) is 0 Å². The molecular formula is C54H36BN3O2. The molecule has 0 N–H and O–H groups in total. The second-order valence-electron chi connectivity index (χ2n) is 15.6. The van der Waals surface area contributed by atoms with Gasteiger partial charge in [-0.1, -0.05) is 117 Å². The molecule has 3 aliphatic rings. The Morgan fingerprint density at radius 3 is 2.08 bits per heavy atom. The van der Waals surface area contributed by atoms with Crippen molar-refractivity contribution in [2.24, 2.45) is 0 Å². The van der Waals surface area contributed by atoms with Crippen LogP contribution in [0.1, 0.15) is 63.3 Å². The lowest BCUT2D eigenvalue weighted by Crippen LogP contribution is -2.61. The number of fused-ring (bicyclic) bond motifs is 14. The Morgan fingerprint density at radius 1 is 0.500 bits per heavy atom. The Bertz CT molecular complexity index is 5250. The van der Waals surface area contributed by atoms with Crippen molar-refractivity contribution in [2.45, 2.75) is 26.2 Å². The Balaban J connectivity index is 1.27. The van der Waals surface area contributed by atoms with Crippen LogP contribution in [0, 0.1) is 0 Å². The number of para-hydroxylation sites is 4. The Labute approximate surface area is 384 Å². The van der Waals surface area contributed by atoms with Crippen LogP contribution in [0.2, 0.25) is 0 Å². The van der Waals surface area contributed by atoms with Crippen LogP contribution in [-0.2, 0) is 5.41 Å². The average molecular weight is 797 g/mol. The fraction of sp³-hybridized carbons (Fsp3) is 0.0741. The molecule has 3 aromatic heterocycles. The van der Waals surface area contributed by atoms with Crippen LogP contribution >= 0.6 is 0 Å². The summed E-state index contributed by atoms with van der Waals surface area (Å²) in [6.07, 6.45) is 0. The highest BCUT2D eigenvalue weighted by molar-refractivity contribution is 7.00. The third kappa shape index (κ3) is 4.08. The SMILES string of the molecule is [2H]c1c([2H])c([2H])c(-c2c([2H])c([2H])c3oc4c(c3c2[2H])N(c2c([2H])c([2H])c3c(oc5c([2H])c([2H])c([2H])c([2H])c53)c2[2H])c2c([2H])c(C(C)(C)C)c([2H])c3c2B4c2c([2H])c([2H])c([2H])c4c2N3c2c([2H])c([2H])c([2H])c3c5c([2H])c([2H])c([2H])c([2H])c5n-4c23)c([2H])c1[2H]. The van der Waals surface area contributed by atoms with Crippen LogP contribution in [0.5, 0.6) is 0 Å². The Kier molecular flexibility index (Phi) is 3.04. The van der Waals surface area contributed by atoms with E-state index in [4.69, 9.17) is 23.9 Å². The summed E-state index contributed by atoms with van der Waals surface area (Å²) in [4.78, 5) is 2.25. The first-order valence-corrected chi connectivity index (χ1v) is 18.7. The first-order valence-electron chi connectivity index (χ1n) is 32.2. The van der Waals surface area contributed by atoms with E-state index in [-0.39, 0.29) is 66.4 Å². The van der Waals surface area contributed by atoms with Crippen LogP contribution in [0.15, 0.2) is 172 Å². The van der Waals surface area contributed by atoms with Crippen LogP contribution in [0.3, 0.4) is 0 Å². The van der Waals surface area contributed by atoms with Gasteiger partial charge in [0.25, 0.3) is 6.71 Å². The van der Waals surface area contributed by atoms with E-state index >= 15 is 0 Å². The second kappa shape index (κ2) is 11.2. The molecule has 14 rings (SSSR count). The maximum atomic E-state index is 10.6. The molecular weight excluding hydrogens is 733 g/mol. The zero-order valence-electron chi connectivity index (χ0n) is 58.2. The van der Waals surface area contributed by atoms with E-state index in [1.807, 2.05) is 0 Å². The van der Waals surface area contributed by atoms with Gasteiger partial charge in [-0.3, -0.25) is 0 Å². The summed E-state index contributed by atoms with van der Waals surface area (Å²) in [6.45, 7) is 3.05. The minimum Gasteiger partial charge on any atom is -0.468 e. The van der Waals surface area contributed by atoms with E-state index in [1.165, 1.54) is 4.90 Å². The molecule has 11 aromatic rings. The van der Waals surface area contributed by atoms with Crippen molar-refractivity contribution < 1.29 is 45.8 Å². The Hall–Kier alpha value is -7.44. The summed E-state index contributed by atoms with van der Waals surface area (Å²) in [5.41, 5.74) is -9.46. The number of nitrogens with zero attached hydrogens (tertiary/aromatic N) is 3. The number of aromatic nitrogens is 1. The molecule has 6 heterocycles. The van der Waals surface area contributed by atoms with Crippen molar-refractivity contribution in [3.8, 4) is 16.8 Å². The zero-order valence-corrected chi connectivity index (χ0v) is 31.2. The monoisotopic (exact) mass is 796 g/mol. The molecule has 5 nitrogen and oxygen atoms in total. The molecule has 3 aliphatic heterocycles. The molecule has 0 saturated carbocycles. The smallest absolute Gasteiger partial charge is 0.297 e. The van der Waals surface area contributed by atoms with Crippen LogP contribution in [0.25, 0.3) is 71.5 Å². The Morgan fingerprint density at radius 2 is 1.22 bits per heavy atom. The normalized spacial score (nSPS) is 20.1. The van der Waals surface area contributed by atoms with Gasteiger partial charge in [-0.05, 0) is 93.5 Å². The van der Waals surface area contributed by atoms with E-state index in [0.29, 0.717) is 0 Å². The quantitative estimate of drug-likeness (QED) is 0.163. The van der Waals surface area contributed by atoms with Gasteiger partial charge in [0.1, 0.15) is 16.7 Å². The molecule has 0 saturated heterocycles. The number of benzene rings is 8. The minimum absolute atomic E-state index is 0.148. The van der Waals surface area contributed by atoms with Gasteiger partial charge in [-0.2, -0.15) is 0 Å². The number of hydrogen-bond acceptors (Lipinski definition) is 4. The highest BCUT2D eigenvalue weighted by Gasteiger charge is 2.49. The molecule has 0 spiro atoms. The minimum atomic E-state index is -1.83. The van der Waals surface area contributed by atoms with Gasteiger partial charge >= 0.3 is 0 Å². The maximum absolute atomic E-state index is 10.6. The zero-order chi connectivity index (χ0) is 63.1. The summed E-state index contributed by atoms with van der Waals surface area (Å²) in [6, 6.07) is -21.0. The standard InChI is InChI=1S/C54H36BN3O2/c1-54(2,3)33-28-44-49-45(29-33)58-42-20-11-17-38-35-15-7-9-19-41(35)57(50(38)42)43-21-12-18-40(52(43)58)55(49)53-51(39-27-32(23-26-47(39)60-53)31-13-5-4-6-14-31)56(44)34-24-25-37-36-16-8-10-22-46(36)59-48(37)30-34/h4-30H,1-3H3/i4D,5D,6D,7D,8D,9D,10D,11D,12D,13D,14D,15D,16D,17D,18D,19D,20D,21D,22D,23D,24D,25D,26D,27D,28D,29D,30D.